The molecule has 0 saturated heterocycles. The topological polar surface area (TPSA) is 55.8 Å². The monoisotopic (exact) mass is 318 g/mol. The zero-order chi connectivity index (χ0) is 17.4. The Labute approximate surface area is 140 Å². The lowest BCUT2D eigenvalue weighted by atomic mass is 9.98. The zero-order valence-corrected chi connectivity index (χ0v) is 13.2. The summed E-state index contributed by atoms with van der Waals surface area (Å²) in [4.78, 5) is 11.2. The van der Waals surface area contributed by atoms with E-state index in [-0.39, 0.29) is 5.57 Å². The number of hydrogen-bond donors (Lipinski definition) is 1. The maximum absolute atomic E-state index is 11.2. The minimum absolute atomic E-state index is 0.269. The molecule has 0 amide bonds. The molecule has 2 aliphatic carbocycles. The van der Waals surface area contributed by atoms with E-state index >= 15 is 0 Å². The molecule has 2 aliphatic rings. The van der Waals surface area contributed by atoms with Crippen LogP contribution in [0, 0.1) is 23.7 Å². The molecule has 1 N–H and O–H groups in total. The summed E-state index contributed by atoms with van der Waals surface area (Å²) in [7, 11) is 2.48. The molecular weight excluding hydrogens is 304 g/mol. The average molecular weight is 318 g/mol. The summed E-state index contributed by atoms with van der Waals surface area (Å²) in [5.41, 5.74) is 7.45. The van der Waals surface area contributed by atoms with Gasteiger partial charge in [-0.1, -0.05) is 24.0 Å². The number of ether oxygens (including phenoxy) is 2. The normalized spacial score (nSPS) is 16.5. The van der Waals surface area contributed by atoms with E-state index in [2.05, 4.69) is 39.9 Å². The Hall–Kier alpha value is -3.23. The van der Waals surface area contributed by atoms with E-state index in [1.807, 2.05) is 12.2 Å². The third-order valence-electron chi connectivity index (χ3n) is 3.09. The molecule has 24 heavy (non-hydrogen) atoms. The molecule has 0 bridgehead atoms. The van der Waals surface area contributed by atoms with Crippen molar-refractivity contribution in [2.24, 2.45) is 0 Å². The van der Waals surface area contributed by atoms with Gasteiger partial charge in [0.15, 0.2) is 0 Å². The van der Waals surface area contributed by atoms with Crippen LogP contribution in [0.5, 0.6) is 0 Å². The van der Waals surface area contributed by atoms with Crippen molar-refractivity contribution in [1.82, 2.24) is 0 Å². The molecule has 0 radical (unpaired) electrons. The van der Waals surface area contributed by atoms with E-state index in [0.717, 1.165) is 5.57 Å². The van der Waals surface area contributed by atoms with Gasteiger partial charge in [0.05, 0.1) is 12.7 Å². The second-order valence-corrected chi connectivity index (χ2v) is 4.58. The highest BCUT2D eigenvalue weighted by Crippen LogP contribution is 2.26. The Bertz CT molecular complexity index is 891. The predicted molar refractivity (Wildman–Crippen MR) is 89.1 cm³/mol. The molecule has 118 valence electrons. The summed E-state index contributed by atoms with van der Waals surface area (Å²) in [5.74, 6) is 7.46. The van der Waals surface area contributed by atoms with Crippen LogP contribution in [0.1, 0.15) is 0 Å². The van der Waals surface area contributed by atoms with Crippen molar-refractivity contribution in [3.05, 3.63) is 70.7 Å². The third kappa shape index (κ3) is 4.15. The number of hydrogen-bond acceptors (Lipinski definition) is 4. The van der Waals surface area contributed by atoms with Gasteiger partial charge in [0.2, 0.25) is 0 Å². The van der Waals surface area contributed by atoms with Crippen LogP contribution in [-0.2, 0) is 14.3 Å². The summed E-state index contributed by atoms with van der Waals surface area (Å²) in [6, 6.07) is 0. The van der Waals surface area contributed by atoms with Crippen molar-refractivity contribution in [3.8, 4) is 23.7 Å². The summed E-state index contributed by atoms with van der Waals surface area (Å²) in [5, 5.41) is 10.7. The highest BCUT2D eigenvalue weighted by molar-refractivity contribution is 5.88. The van der Waals surface area contributed by atoms with Gasteiger partial charge in [-0.05, 0) is 36.3 Å². The Morgan fingerprint density at radius 2 is 2.00 bits per heavy atom. The highest BCUT2D eigenvalue weighted by atomic mass is 16.6. The summed E-state index contributed by atoms with van der Waals surface area (Å²) in [6.07, 6.45) is 12.0. The first-order valence-corrected chi connectivity index (χ1v) is 6.97. The molecule has 0 spiro atoms. The van der Waals surface area contributed by atoms with Gasteiger partial charge in [-0.3, -0.25) is 0 Å². The highest BCUT2D eigenvalue weighted by Gasteiger charge is 2.32. The molecule has 0 aromatic rings. The molecular formula is C20H14O4. The van der Waals surface area contributed by atoms with Gasteiger partial charge in [-0.25, -0.2) is 4.79 Å². The lowest BCUT2D eigenvalue weighted by Crippen LogP contribution is -2.32. The number of carbonyl (C=O) groups excluding carboxylic acids is 1. The molecule has 2 rings (SSSR count). The number of allylic oxidation sites excluding steroid dienone is 6. The lowest BCUT2D eigenvalue weighted by Gasteiger charge is -2.22. The van der Waals surface area contributed by atoms with Crippen molar-refractivity contribution in [2.75, 3.05) is 14.2 Å². The standard InChI is InChI=1S/C20H14O4/c1-23-19(21)14-15-20(22,24-2)18(17-11-5-6-12-17)13-7-10-16-8-3-4-9-16/h3-6,8,11,13,22H,1-2H3. The van der Waals surface area contributed by atoms with Crippen molar-refractivity contribution in [1.29, 1.82) is 0 Å². The smallest absolute Gasteiger partial charge is 0.384 e. The fourth-order valence-corrected chi connectivity index (χ4v) is 1.87. The second kappa shape index (κ2) is 7.86. The molecule has 0 aromatic heterocycles. The van der Waals surface area contributed by atoms with E-state index in [4.69, 9.17) is 4.74 Å². The summed E-state index contributed by atoms with van der Waals surface area (Å²) in [6.45, 7) is 0. The summed E-state index contributed by atoms with van der Waals surface area (Å²) < 4.78 is 9.57. The quantitative estimate of drug-likeness (QED) is 0.283. The van der Waals surface area contributed by atoms with Crippen molar-refractivity contribution >= 4 is 5.97 Å². The third-order valence-corrected chi connectivity index (χ3v) is 3.09. The first kappa shape index (κ1) is 17.1. The Kier molecular flexibility index (Phi) is 5.61. The first-order valence-electron chi connectivity index (χ1n) is 6.97. The number of aliphatic hydroxyl groups is 1. The lowest BCUT2D eigenvalue weighted by molar-refractivity contribution is -0.134. The van der Waals surface area contributed by atoms with Gasteiger partial charge < -0.3 is 14.6 Å². The molecule has 1 unspecified atom stereocenters. The van der Waals surface area contributed by atoms with Crippen LogP contribution in [0.4, 0.5) is 0 Å². The van der Waals surface area contributed by atoms with E-state index in [9.17, 15) is 9.90 Å². The molecule has 0 aliphatic heterocycles. The van der Waals surface area contributed by atoms with Crippen LogP contribution < -0.4 is 0 Å². The molecule has 1 atom stereocenters. The fourth-order valence-electron chi connectivity index (χ4n) is 1.87. The number of esters is 1. The average Bonchev–Trinajstić information content (AvgIpc) is 3.29. The number of carbonyl (C=O) groups is 1. The Balaban J connectivity index is 2.44. The first-order chi connectivity index (χ1) is 11.6. The number of methoxy groups -OCH3 is 2. The summed E-state index contributed by atoms with van der Waals surface area (Å²) >= 11 is 0. The van der Waals surface area contributed by atoms with E-state index < -0.39 is 11.8 Å². The molecule has 0 saturated carbocycles. The van der Waals surface area contributed by atoms with Crippen LogP contribution in [-0.4, -0.2) is 31.1 Å². The van der Waals surface area contributed by atoms with Gasteiger partial charge in [-0.2, -0.15) is 0 Å². The molecule has 0 heterocycles. The van der Waals surface area contributed by atoms with Crippen molar-refractivity contribution in [3.63, 3.8) is 0 Å². The molecule has 0 aromatic carbocycles. The second-order valence-electron chi connectivity index (χ2n) is 4.58. The SMILES string of the molecule is COC(=O)C#CC(O)(OC)C(=CC#CC1=C=CC=C1)C1=C=CC=C1. The van der Waals surface area contributed by atoms with Crippen molar-refractivity contribution in [2.45, 2.75) is 5.79 Å². The predicted octanol–water partition coefficient (Wildman–Crippen LogP) is 1.73. The van der Waals surface area contributed by atoms with Gasteiger partial charge in [-0.15, -0.1) is 11.5 Å². The fraction of sp³-hybridized carbons (Fsp3) is 0.150. The van der Waals surface area contributed by atoms with Crippen LogP contribution in [0.3, 0.4) is 0 Å². The minimum Gasteiger partial charge on any atom is -0.459 e. The van der Waals surface area contributed by atoms with Crippen LogP contribution in [0.2, 0.25) is 0 Å². The zero-order valence-electron chi connectivity index (χ0n) is 13.2. The van der Waals surface area contributed by atoms with Crippen LogP contribution in [0.25, 0.3) is 0 Å². The van der Waals surface area contributed by atoms with E-state index in [1.165, 1.54) is 20.3 Å². The maximum Gasteiger partial charge on any atom is 0.384 e. The minimum atomic E-state index is -2.02. The Morgan fingerprint density at radius 3 is 2.58 bits per heavy atom. The largest absolute Gasteiger partial charge is 0.459 e. The van der Waals surface area contributed by atoms with Crippen molar-refractivity contribution < 1.29 is 19.4 Å². The number of rotatable bonds is 3. The van der Waals surface area contributed by atoms with Crippen LogP contribution in [0.15, 0.2) is 70.7 Å². The maximum atomic E-state index is 11.2. The van der Waals surface area contributed by atoms with Crippen LogP contribution >= 0.6 is 0 Å². The molecule has 4 heteroatoms. The van der Waals surface area contributed by atoms with Gasteiger partial charge >= 0.3 is 5.97 Å². The molecule has 4 nitrogen and oxygen atoms in total. The van der Waals surface area contributed by atoms with Gasteiger partial charge in [0, 0.05) is 24.2 Å². The van der Waals surface area contributed by atoms with E-state index in [1.54, 1.807) is 24.3 Å². The van der Waals surface area contributed by atoms with Gasteiger partial charge in [0.1, 0.15) is 0 Å². The van der Waals surface area contributed by atoms with E-state index in [0.29, 0.717) is 5.57 Å². The molecule has 0 fully saturated rings. The Morgan fingerprint density at radius 1 is 1.25 bits per heavy atom. The van der Waals surface area contributed by atoms with Gasteiger partial charge in [0.25, 0.3) is 5.79 Å².